The van der Waals surface area contributed by atoms with E-state index in [1.54, 1.807) is 0 Å². The first-order valence-corrected chi connectivity index (χ1v) is 11.2. The van der Waals surface area contributed by atoms with E-state index in [4.69, 9.17) is 0 Å². The van der Waals surface area contributed by atoms with E-state index >= 15 is 0 Å². The van der Waals surface area contributed by atoms with Crippen molar-refractivity contribution < 1.29 is 4.79 Å². The second-order valence-electron chi connectivity index (χ2n) is 9.64. The van der Waals surface area contributed by atoms with Gasteiger partial charge in [-0.3, -0.25) is 0 Å². The number of hydrogen-bond acceptors (Lipinski definition) is 2. The van der Waals surface area contributed by atoms with Gasteiger partial charge in [-0.15, -0.1) is 11.3 Å². The number of hydrogen-bond donors (Lipinski definition) is 0. The molecule has 0 spiro atoms. The average molecular weight is 383 g/mol. The summed E-state index contributed by atoms with van der Waals surface area (Å²) in [4.78, 5) is 14.6. The fourth-order valence-corrected chi connectivity index (χ4v) is 5.75. The molecule has 0 amide bonds. The molecule has 1 heterocycles. The van der Waals surface area contributed by atoms with Crippen LogP contribution in [-0.2, 0) is 17.6 Å². The van der Waals surface area contributed by atoms with Gasteiger partial charge in [0.25, 0.3) is 0 Å². The zero-order chi connectivity index (χ0) is 19.4. The molecular weight excluding hydrogens is 348 g/mol. The van der Waals surface area contributed by atoms with E-state index in [2.05, 4.69) is 70.2 Å². The van der Waals surface area contributed by atoms with Crippen LogP contribution in [0.15, 0.2) is 42.5 Å². The summed E-state index contributed by atoms with van der Waals surface area (Å²) in [6.45, 7) is 9.42. The molecule has 3 rings (SSSR count). The third kappa shape index (κ3) is 5.54. The van der Waals surface area contributed by atoms with Crippen molar-refractivity contribution in [2.24, 2.45) is 29.1 Å². The van der Waals surface area contributed by atoms with E-state index < -0.39 is 0 Å². The van der Waals surface area contributed by atoms with Crippen molar-refractivity contribution in [3.63, 3.8) is 0 Å². The fraction of sp³-hybridized carbons (Fsp3) is 0.560. The van der Waals surface area contributed by atoms with E-state index in [1.165, 1.54) is 28.0 Å². The van der Waals surface area contributed by atoms with Crippen molar-refractivity contribution in [3.8, 4) is 0 Å². The molecule has 0 aliphatic heterocycles. The predicted octanol–water partition coefficient (Wildman–Crippen LogP) is 6.80. The number of thiophene rings is 1. The topological polar surface area (TPSA) is 17.1 Å². The standard InChI is InChI=1S/C25H34OS/c1-18-12-22(25(2,3)4)14-20(17-26)13-21(18)16-24-11-10-23(27-24)15-19-8-6-5-7-9-19/h5-11,17-18,20-22H,12-16H2,1-4H3/t18?,20-,21?,22-/m0/s1. The summed E-state index contributed by atoms with van der Waals surface area (Å²) in [6.07, 6.45) is 6.76. The number of benzene rings is 1. The average Bonchev–Trinajstić information content (AvgIpc) is 2.98. The van der Waals surface area contributed by atoms with Crippen LogP contribution in [0.25, 0.3) is 0 Å². The quantitative estimate of drug-likeness (QED) is 0.411. The van der Waals surface area contributed by atoms with Crippen LogP contribution in [0.4, 0.5) is 0 Å². The maximum Gasteiger partial charge on any atom is 0.123 e. The summed E-state index contributed by atoms with van der Waals surface area (Å²) < 4.78 is 0. The highest BCUT2D eigenvalue weighted by molar-refractivity contribution is 7.12. The van der Waals surface area contributed by atoms with Gasteiger partial charge in [-0.1, -0.05) is 58.0 Å². The Hall–Kier alpha value is -1.41. The molecule has 27 heavy (non-hydrogen) atoms. The van der Waals surface area contributed by atoms with Crippen molar-refractivity contribution in [3.05, 3.63) is 57.8 Å². The van der Waals surface area contributed by atoms with Crippen LogP contribution >= 0.6 is 11.3 Å². The molecule has 1 saturated carbocycles. The zero-order valence-corrected chi connectivity index (χ0v) is 18.1. The van der Waals surface area contributed by atoms with Gasteiger partial charge in [0.05, 0.1) is 0 Å². The molecule has 1 aliphatic carbocycles. The molecule has 4 atom stereocenters. The Morgan fingerprint density at radius 2 is 1.70 bits per heavy atom. The molecule has 0 saturated heterocycles. The number of carbonyl (C=O) groups is 1. The van der Waals surface area contributed by atoms with Crippen molar-refractivity contribution in [1.29, 1.82) is 0 Å². The molecule has 2 aromatic rings. The molecular formula is C25H34OS. The van der Waals surface area contributed by atoms with Gasteiger partial charge in [-0.2, -0.15) is 0 Å². The Kier molecular flexibility index (Phi) is 6.57. The predicted molar refractivity (Wildman–Crippen MR) is 116 cm³/mol. The zero-order valence-electron chi connectivity index (χ0n) is 17.3. The van der Waals surface area contributed by atoms with Crippen molar-refractivity contribution in [2.75, 3.05) is 0 Å². The lowest BCUT2D eigenvalue weighted by Gasteiger charge is -2.32. The summed E-state index contributed by atoms with van der Waals surface area (Å²) in [5, 5.41) is 0. The van der Waals surface area contributed by atoms with Gasteiger partial charge in [-0.25, -0.2) is 0 Å². The van der Waals surface area contributed by atoms with Crippen LogP contribution in [0, 0.1) is 29.1 Å². The monoisotopic (exact) mass is 382 g/mol. The van der Waals surface area contributed by atoms with E-state index in [0.717, 1.165) is 25.7 Å². The molecule has 0 bridgehead atoms. The van der Waals surface area contributed by atoms with Gasteiger partial charge in [0.15, 0.2) is 0 Å². The minimum atomic E-state index is 0.230. The minimum Gasteiger partial charge on any atom is -0.303 e. The fourth-order valence-electron chi connectivity index (χ4n) is 4.61. The Labute approximate surface area is 169 Å². The van der Waals surface area contributed by atoms with Crippen LogP contribution < -0.4 is 0 Å². The second-order valence-corrected chi connectivity index (χ2v) is 10.9. The lowest BCUT2D eigenvalue weighted by molar-refractivity contribution is -0.112. The summed E-state index contributed by atoms with van der Waals surface area (Å²) in [5.41, 5.74) is 1.67. The minimum absolute atomic E-state index is 0.230. The number of aldehydes is 1. The summed E-state index contributed by atoms with van der Waals surface area (Å²) in [7, 11) is 0. The lowest BCUT2D eigenvalue weighted by atomic mass is 9.73. The maximum absolute atomic E-state index is 11.7. The lowest BCUT2D eigenvalue weighted by Crippen LogP contribution is -2.23. The molecule has 1 nitrogen and oxygen atoms in total. The van der Waals surface area contributed by atoms with Crippen LogP contribution in [0.3, 0.4) is 0 Å². The molecule has 1 fully saturated rings. The van der Waals surface area contributed by atoms with E-state index in [-0.39, 0.29) is 11.3 Å². The smallest absolute Gasteiger partial charge is 0.123 e. The molecule has 0 radical (unpaired) electrons. The molecule has 2 unspecified atom stereocenters. The van der Waals surface area contributed by atoms with Crippen molar-refractivity contribution in [2.45, 2.75) is 59.8 Å². The van der Waals surface area contributed by atoms with Gasteiger partial charge in [0.2, 0.25) is 0 Å². The summed E-state index contributed by atoms with van der Waals surface area (Å²) >= 11 is 1.96. The normalized spacial score (nSPS) is 26.5. The van der Waals surface area contributed by atoms with Crippen LogP contribution in [0.1, 0.15) is 62.3 Å². The first-order valence-electron chi connectivity index (χ1n) is 10.4. The van der Waals surface area contributed by atoms with Crippen molar-refractivity contribution in [1.82, 2.24) is 0 Å². The van der Waals surface area contributed by atoms with Gasteiger partial charge in [0, 0.05) is 22.1 Å². The highest BCUT2D eigenvalue weighted by atomic mass is 32.1. The van der Waals surface area contributed by atoms with E-state index in [9.17, 15) is 4.79 Å². The molecule has 0 N–H and O–H groups in total. The SMILES string of the molecule is CC1C[C@H](C(C)(C)C)C[C@@H](C=O)CC1Cc1ccc(Cc2ccccc2)s1. The van der Waals surface area contributed by atoms with Crippen LogP contribution in [0.2, 0.25) is 0 Å². The first kappa shape index (κ1) is 20.3. The van der Waals surface area contributed by atoms with Crippen LogP contribution in [-0.4, -0.2) is 6.29 Å². The first-order chi connectivity index (χ1) is 12.8. The highest BCUT2D eigenvalue weighted by Crippen LogP contribution is 2.44. The van der Waals surface area contributed by atoms with Gasteiger partial charge >= 0.3 is 0 Å². The van der Waals surface area contributed by atoms with Gasteiger partial charge < -0.3 is 4.79 Å². The number of rotatable bonds is 5. The Bertz CT molecular complexity index is 724. The maximum atomic E-state index is 11.7. The van der Waals surface area contributed by atoms with E-state index in [0.29, 0.717) is 17.8 Å². The molecule has 146 valence electrons. The van der Waals surface area contributed by atoms with Crippen LogP contribution in [0.5, 0.6) is 0 Å². The molecule has 1 aromatic carbocycles. The second kappa shape index (κ2) is 8.73. The molecule has 1 aromatic heterocycles. The third-order valence-corrected chi connectivity index (χ3v) is 7.58. The van der Waals surface area contributed by atoms with E-state index in [1.807, 2.05) is 11.3 Å². The van der Waals surface area contributed by atoms with Gasteiger partial charge in [0.1, 0.15) is 6.29 Å². The summed E-state index contributed by atoms with van der Waals surface area (Å²) in [5.74, 6) is 2.17. The Balaban J connectivity index is 1.68. The third-order valence-electron chi connectivity index (χ3n) is 6.47. The molecule has 1 aliphatic rings. The summed E-state index contributed by atoms with van der Waals surface area (Å²) in [6, 6.07) is 15.3. The van der Waals surface area contributed by atoms with Crippen molar-refractivity contribution >= 4 is 17.6 Å². The van der Waals surface area contributed by atoms with Gasteiger partial charge in [-0.05, 0) is 66.5 Å². The Morgan fingerprint density at radius 3 is 2.37 bits per heavy atom. The largest absolute Gasteiger partial charge is 0.303 e. The Morgan fingerprint density at radius 1 is 1.00 bits per heavy atom. The molecule has 2 heteroatoms. The highest BCUT2D eigenvalue weighted by Gasteiger charge is 2.35. The number of carbonyl (C=O) groups excluding carboxylic acids is 1.